The van der Waals surface area contributed by atoms with Crippen molar-refractivity contribution in [2.24, 2.45) is 21.5 Å². The van der Waals surface area contributed by atoms with Crippen LogP contribution in [-0.2, 0) is 0 Å². The number of alkyl halides is 2. The molecule has 3 rings (SSSR count). The minimum Gasteiger partial charge on any atom is -0.433 e. The van der Waals surface area contributed by atoms with Crippen LogP contribution >= 0.6 is 15.9 Å². The van der Waals surface area contributed by atoms with Gasteiger partial charge in [0.25, 0.3) is 0 Å². The molecule has 2 aliphatic rings. The number of benzene rings is 1. The van der Waals surface area contributed by atoms with E-state index in [9.17, 15) is 8.78 Å². The molecule has 1 aliphatic carbocycles. The first-order chi connectivity index (χ1) is 11.4. The number of nitrogens with two attached hydrogens (primary N) is 2. The molecule has 0 unspecified atom stereocenters. The van der Waals surface area contributed by atoms with E-state index in [1.165, 1.54) is 6.07 Å². The van der Waals surface area contributed by atoms with Crippen LogP contribution in [0, 0.1) is 0 Å². The predicted octanol–water partition coefficient (Wildman–Crippen LogP) is 3.16. The first-order valence-corrected chi connectivity index (χ1v) is 8.45. The molecule has 1 fully saturated rings. The van der Waals surface area contributed by atoms with Crippen LogP contribution in [0.5, 0.6) is 5.75 Å². The number of halogens is 3. The van der Waals surface area contributed by atoms with Gasteiger partial charge in [0.2, 0.25) is 11.9 Å². The fourth-order valence-electron chi connectivity index (χ4n) is 3.33. The maximum Gasteiger partial charge on any atom is 0.387 e. The van der Waals surface area contributed by atoms with E-state index in [4.69, 9.17) is 16.2 Å². The predicted molar refractivity (Wildman–Crippen MR) is 92.3 cm³/mol. The summed E-state index contributed by atoms with van der Waals surface area (Å²) in [6, 6.07) is 4.88. The van der Waals surface area contributed by atoms with E-state index in [0.717, 1.165) is 19.3 Å². The average molecular weight is 402 g/mol. The molecular weight excluding hydrogens is 384 g/mol. The fraction of sp³-hybridized carbons (Fsp3) is 0.467. The van der Waals surface area contributed by atoms with Crippen molar-refractivity contribution in [2.75, 3.05) is 4.90 Å². The second-order valence-corrected chi connectivity index (χ2v) is 6.72. The summed E-state index contributed by atoms with van der Waals surface area (Å²) < 4.78 is 31.0. The van der Waals surface area contributed by atoms with Crippen LogP contribution in [0.4, 0.5) is 14.5 Å². The number of rotatable bonds is 3. The molecule has 4 N–H and O–H groups in total. The Kier molecular flexibility index (Phi) is 4.62. The molecule has 1 aliphatic heterocycles. The zero-order chi connectivity index (χ0) is 17.3. The quantitative estimate of drug-likeness (QED) is 0.813. The molecule has 6 nitrogen and oxygen atoms in total. The highest BCUT2D eigenvalue weighted by atomic mass is 79.9. The summed E-state index contributed by atoms with van der Waals surface area (Å²) in [6.45, 7) is -2.95. The molecule has 0 radical (unpaired) electrons. The van der Waals surface area contributed by atoms with Crippen LogP contribution in [0.2, 0.25) is 0 Å². The molecule has 24 heavy (non-hydrogen) atoms. The number of nitrogens with zero attached hydrogens (tertiary/aromatic N) is 3. The summed E-state index contributed by atoms with van der Waals surface area (Å²) in [7, 11) is 0. The van der Waals surface area contributed by atoms with E-state index in [0.29, 0.717) is 23.0 Å². The third kappa shape index (κ3) is 3.17. The molecule has 0 amide bonds. The molecule has 1 saturated carbocycles. The third-order valence-corrected chi connectivity index (χ3v) is 4.72. The molecule has 9 heteroatoms. The highest BCUT2D eigenvalue weighted by Crippen LogP contribution is 2.43. The lowest BCUT2D eigenvalue weighted by Crippen LogP contribution is -2.58. The van der Waals surface area contributed by atoms with Gasteiger partial charge >= 0.3 is 6.61 Å². The van der Waals surface area contributed by atoms with Crippen molar-refractivity contribution in [3.05, 3.63) is 22.7 Å². The van der Waals surface area contributed by atoms with Gasteiger partial charge in [-0.15, -0.1) is 0 Å². The first-order valence-electron chi connectivity index (χ1n) is 7.65. The van der Waals surface area contributed by atoms with Crippen LogP contribution < -0.4 is 21.1 Å². The summed E-state index contributed by atoms with van der Waals surface area (Å²) in [5.41, 5.74) is 11.6. The molecule has 130 valence electrons. The van der Waals surface area contributed by atoms with Crippen molar-refractivity contribution in [2.45, 2.75) is 44.4 Å². The Morgan fingerprint density at radius 2 is 1.92 bits per heavy atom. The molecule has 0 aromatic heterocycles. The van der Waals surface area contributed by atoms with Gasteiger partial charge in [0, 0.05) is 4.47 Å². The second kappa shape index (κ2) is 6.54. The standard InChI is InChI=1S/C15H18BrF2N5O/c16-9-4-5-10(11(8-9)24-12(17)18)23-14(20)21-13(19)22-15(23)6-2-1-3-7-15/h4-5,8,12H,1-3,6-7H2,(H4,19,20,21,22). The Morgan fingerprint density at radius 3 is 2.58 bits per heavy atom. The minimum atomic E-state index is -2.95. The Bertz CT molecular complexity index is 688. The molecule has 1 aromatic rings. The van der Waals surface area contributed by atoms with E-state index < -0.39 is 12.3 Å². The van der Waals surface area contributed by atoms with Crippen LogP contribution in [-0.4, -0.2) is 24.2 Å². The van der Waals surface area contributed by atoms with Gasteiger partial charge in [0.15, 0.2) is 5.75 Å². The monoisotopic (exact) mass is 401 g/mol. The number of hydrogen-bond donors (Lipinski definition) is 2. The van der Waals surface area contributed by atoms with E-state index >= 15 is 0 Å². The first kappa shape index (κ1) is 16.9. The molecule has 1 heterocycles. The lowest BCUT2D eigenvalue weighted by molar-refractivity contribution is -0.0496. The number of guanidine groups is 2. The Balaban J connectivity index is 2.10. The van der Waals surface area contributed by atoms with Crippen molar-refractivity contribution in [3.8, 4) is 5.75 Å². The van der Waals surface area contributed by atoms with Crippen LogP contribution in [0.15, 0.2) is 32.7 Å². The highest BCUT2D eigenvalue weighted by Gasteiger charge is 2.43. The number of aliphatic imine (C=N–C) groups is 2. The lowest BCUT2D eigenvalue weighted by atomic mass is 9.87. The van der Waals surface area contributed by atoms with E-state index in [1.54, 1.807) is 17.0 Å². The zero-order valence-electron chi connectivity index (χ0n) is 12.9. The topological polar surface area (TPSA) is 89.2 Å². The molecular formula is C15H18BrF2N5O. The highest BCUT2D eigenvalue weighted by molar-refractivity contribution is 9.10. The summed E-state index contributed by atoms with van der Waals surface area (Å²) in [4.78, 5) is 10.2. The molecule has 0 bridgehead atoms. The van der Waals surface area contributed by atoms with Gasteiger partial charge in [0.05, 0.1) is 5.69 Å². The normalized spacial score (nSPS) is 20.1. The van der Waals surface area contributed by atoms with Crippen LogP contribution in [0.3, 0.4) is 0 Å². The van der Waals surface area contributed by atoms with E-state index in [1.807, 2.05) is 0 Å². The smallest absolute Gasteiger partial charge is 0.387 e. The molecule has 1 spiro atoms. The minimum absolute atomic E-state index is 0.0122. The largest absolute Gasteiger partial charge is 0.433 e. The van der Waals surface area contributed by atoms with Crippen molar-refractivity contribution < 1.29 is 13.5 Å². The Labute approximate surface area is 146 Å². The number of anilines is 1. The maximum atomic E-state index is 12.8. The fourth-order valence-corrected chi connectivity index (χ4v) is 3.67. The van der Waals surface area contributed by atoms with Gasteiger partial charge in [-0.2, -0.15) is 13.8 Å². The molecule has 0 atom stereocenters. The summed E-state index contributed by atoms with van der Waals surface area (Å²) in [5.74, 6) is 0.253. The summed E-state index contributed by atoms with van der Waals surface area (Å²) >= 11 is 3.27. The van der Waals surface area contributed by atoms with Gasteiger partial charge in [-0.1, -0.05) is 22.4 Å². The van der Waals surface area contributed by atoms with Crippen molar-refractivity contribution in [1.82, 2.24) is 0 Å². The van der Waals surface area contributed by atoms with Gasteiger partial charge < -0.3 is 16.2 Å². The molecule has 0 saturated heterocycles. The van der Waals surface area contributed by atoms with Crippen LogP contribution in [0.1, 0.15) is 32.1 Å². The van der Waals surface area contributed by atoms with Crippen molar-refractivity contribution in [3.63, 3.8) is 0 Å². The van der Waals surface area contributed by atoms with Gasteiger partial charge in [0.1, 0.15) is 5.66 Å². The lowest BCUT2D eigenvalue weighted by Gasteiger charge is -2.45. The van der Waals surface area contributed by atoms with Gasteiger partial charge in [-0.25, -0.2) is 4.99 Å². The zero-order valence-corrected chi connectivity index (χ0v) is 14.5. The SMILES string of the molecule is NC1=NC2(CCCCC2)N(c2ccc(Br)cc2OC(F)F)C(N)=N1. The Morgan fingerprint density at radius 1 is 1.21 bits per heavy atom. The third-order valence-electron chi connectivity index (χ3n) is 4.23. The summed E-state index contributed by atoms with van der Waals surface area (Å²) in [6.07, 6.45) is 4.41. The van der Waals surface area contributed by atoms with Crippen molar-refractivity contribution in [1.29, 1.82) is 0 Å². The average Bonchev–Trinajstić information content (AvgIpc) is 2.49. The van der Waals surface area contributed by atoms with Gasteiger partial charge in [-0.05, 0) is 43.9 Å². The number of hydrogen-bond acceptors (Lipinski definition) is 6. The van der Waals surface area contributed by atoms with Crippen molar-refractivity contribution >= 4 is 33.5 Å². The van der Waals surface area contributed by atoms with E-state index in [2.05, 4.69) is 25.9 Å². The number of ether oxygens (including phenoxy) is 1. The maximum absolute atomic E-state index is 12.8. The molecule has 1 aromatic carbocycles. The summed E-state index contributed by atoms with van der Waals surface area (Å²) in [5, 5.41) is 0. The van der Waals surface area contributed by atoms with Crippen LogP contribution in [0.25, 0.3) is 0 Å². The second-order valence-electron chi connectivity index (χ2n) is 5.81. The van der Waals surface area contributed by atoms with E-state index in [-0.39, 0.29) is 17.7 Å². The Hall–Kier alpha value is -1.90. The van der Waals surface area contributed by atoms with Gasteiger partial charge in [-0.3, -0.25) is 4.90 Å².